The van der Waals surface area contributed by atoms with Crippen LogP contribution in [0.1, 0.15) is 284 Å². The van der Waals surface area contributed by atoms with Gasteiger partial charge in [0.1, 0.15) is 13.2 Å². The highest BCUT2D eigenvalue weighted by atomic mass is 16.6. The van der Waals surface area contributed by atoms with Crippen molar-refractivity contribution in [2.45, 2.75) is 290 Å². The highest BCUT2D eigenvalue weighted by Gasteiger charge is 2.19. The van der Waals surface area contributed by atoms with Gasteiger partial charge in [0, 0.05) is 19.3 Å². The van der Waals surface area contributed by atoms with Gasteiger partial charge < -0.3 is 14.2 Å². The van der Waals surface area contributed by atoms with E-state index in [9.17, 15) is 14.4 Å². The Balaban J connectivity index is 4.30. The molecule has 0 heterocycles. The number of unbranched alkanes of at least 4 members (excludes halogenated alkanes) is 35. The molecule has 0 aromatic rings. The fraction of sp³-hybridized carbons (Fsp3) is 0.940. The molecule has 0 saturated carbocycles. The molecule has 6 nitrogen and oxygen atoms in total. The molecule has 0 fully saturated rings. The van der Waals surface area contributed by atoms with Crippen LogP contribution in [0.5, 0.6) is 0 Å². The second-order valence-corrected chi connectivity index (χ2v) is 17.1. The second kappa shape index (κ2) is 46.1. The average molecular weight is 793 g/mol. The lowest BCUT2D eigenvalue weighted by molar-refractivity contribution is -0.167. The number of esters is 3. The van der Waals surface area contributed by atoms with Gasteiger partial charge >= 0.3 is 17.9 Å². The molecule has 0 amide bonds. The van der Waals surface area contributed by atoms with Gasteiger partial charge in [-0.05, 0) is 19.3 Å². The first-order chi connectivity index (χ1) is 27.5. The van der Waals surface area contributed by atoms with Gasteiger partial charge in [-0.3, -0.25) is 14.4 Å². The van der Waals surface area contributed by atoms with E-state index in [1.807, 2.05) is 0 Å². The summed E-state index contributed by atoms with van der Waals surface area (Å²) in [6.45, 7) is 6.66. The summed E-state index contributed by atoms with van der Waals surface area (Å²) in [5.41, 5.74) is 0. The zero-order valence-electron chi connectivity index (χ0n) is 37.9. The molecule has 0 N–H and O–H groups in total. The third-order valence-corrected chi connectivity index (χ3v) is 11.4. The molecule has 6 heteroatoms. The fourth-order valence-corrected chi connectivity index (χ4v) is 7.56. The summed E-state index contributed by atoms with van der Waals surface area (Å²) < 4.78 is 16.8. The predicted molar refractivity (Wildman–Crippen MR) is 238 cm³/mol. The van der Waals surface area contributed by atoms with Crippen molar-refractivity contribution in [3.63, 3.8) is 0 Å². The van der Waals surface area contributed by atoms with E-state index in [4.69, 9.17) is 14.2 Å². The summed E-state index contributed by atoms with van der Waals surface area (Å²) in [7, 11) is 0. The molecule has 0 saturated heterocycles. The van der Waals surface area contributed by atoms with Crippen molar-refractivity contribution in [1.82, 2.24) is 0 Å². The SMILES string of the molecule is CCCCCCCCCCCCCCCCC(=O)OC[C@H](COC(=O)CCCCCCCCCCCCC)OC(=O)CCCCCCCCCCCCCCC. The van der Waals surface area contributed by atoms with E-state index in [1.165, 1.54) is 186 Å². The highest BCUT2D eigenvalue weighted by molar-refractivity contribution is 5.71. The lowest BCUT2D eigenvalue weighted by atomic mass is 10.0. The van der Waals surface area contributed by atoms with Gasteiger partial charge in [0.25, 0.3) is 0 Å². The van der Waals surface area contributed by atoms with E-state index < -0.39 is 6.10 Å². The maximum Gasteiger partial charge on any atom is 0.306 e. The fourth-order valence-electron chi connectivity index (χ4n) is 7.56. The van der Waals surface area contributed by atoms with Crippen LogP contribution in [0.3, 0.4) is 0 Å². The van der Waals surface area contributed by atoms with Gasteiger partial charge in [-0.1, -0.05) is 245 Å². The lowest BCUT2D eigenvalue weighted by Crippen LogP contribution is -2.30. The average Bonchev–Trinajstić information content (AvgIpc) is 3.19. The second-order valence-electron chi connectivity index (χ2n) is 17.1. The minimum absolute atomic E-state index is 0.0620. The van der Waals surface area contributed by atoms with Crippen molar-refractivity contribution in [2.75, 3.05) is 13.2 Å². The molecule has 0 aliphatic heterocycles. The van der Waals surface area contributed by atoms with Crippen LogP contribution in [0, 0.1) is 0 Å². The first-order valence-electron chi connectivity index (χ1n) is 25.0. The van der Waals surface area contributed by atoms with E-state index >= 15 is 0 Å². The minimum atomic E-state index is -0.758. The number of carbonyl (C=O) groups is 3. The Hall–Kier alpha value is -1.59. The van der Waals surface area contributed by atoms with Crippen LogP contribution in [-0.2, 0) is 28.6 Å². The number of rotatable bonds is 46. The van der Waals surface area contributed by atoms with Crippen LogP contribution in [0.4, 0.5) is 0 Å². The van der Waals surface area contributed by atoms with E-state index in [2.05, 4.69) is 20.8 Å². The van der Waals surface area contributed by atoms with E-state index in [-0.39, 0.29) is 31.1 Å². The smallest absolute Gasteiger partial charge is 0.306 e. The van der Waals surface area contributed by atoms with Crippen molar-refractivity contribution in [2.24, 2.45) is 0 Å². The summed E-state index contributed by atoms with van der Waals surface area (Å²) in [6.07, 6.45) is 47.9. The topological polar surface area (TPSA) is 78.9 Å². The van der Waals surface area contributed by atoms with Gasteiger partial charge in [-0.2, -0.15) is 0 Å². The maximum absolute atomic E-state index is 12.7. The van der Waals surface area contributed by atoms with Crippen molar-refractivity contribution < 1.29 is 28.6 Å². The lowest BCUT2D eigenvalue weighted by Gasteiger charge is -2.18. The Morgan fingerprint density at radius 2 is 0.482 bits per heavy atom. The molecule has 56 heavy (non-hydrogen) atoms. The maximum atomic E-state index is 12.7. The van der Waals surface area contributed by atoms with Crippen LogP contribution in [0.15, 0.2) is 0 Å². The van der Waals surface area contributed by atoms with E-state index in [0.29, 0.717) is 19.3 Å². The molecule has 0 aromatic heterocycles. The first kappa shape index (κ1) is 54.4. The monoisotopic (exact) mass is 793 g/mol. The molecule has 0 aliphatic rings. The van der Waals surface area contributed by atoms with Gasteiger partial charge in [0.15, 0.2) is 6.10 Å². The largest absolute Gasteiger partial charge is 0.462 e. The van der Waals surface area contributed by atoms with Crippen molar-refractivity contribution >= 4 is 17.9 Å². The summed E-state index contributed by atoms with van der Waals surface area (Å²) in [4.78, 5) is 37.8. The molecule has 0 rings (SSSR count). The van der Waals surface area contributed by atoms with Crippen LogP contribution in [0.2, 0.25) is 0 Å². The normalized spacial score (nSPS) is 11.8. The molecule has 332 valence electrons. The molecule has 0 unspecified atom stereocenters. The standard InChI is InChI=1S/C50H96O6/c1-4-7-10-13-16-19-22-24-26-28-31-34-37-40-43-49(52)55-46-47(45-54-48(51)42-39-36-33-30-27-21-18-15-12-9-6-3)56-50(53)44-41-38-35-32-29-25-23-20-17-14-11-8-5-2/h47H,4-46H2,1-3H3/t47-/m0/s1. The molecular formula is C50H96O6. The Morgan fingerprint density at radius 1 is 0.286 bits per heavy atom. The summed E-state index contributed by atoms with van der Waals surface area (Å²) in [6, 6.07) is 0. The van der Waals surface area contributed by atoms with E-state index in [1.54, 1.807) is 0 Å². The first-order valence-corrected chi connectivity index (χ1v) is 25.0. The Labute approximate surface area is 348 Å². The van der Waals surface area contributed by atoms with Crippen LogP contribution in [-0.4, -0.2) is 37.2 Å². The van der Waals surface area contributed by atoms with Crippen LogP contribution >= 0.6 is 0 Å². The molecule has 0 radical (unpaired) electrons. The highest BCUT2D eigenvalue weighted by Crippen LogP contribution is 2.16. The van der Waals surface area contributed by atoms with Gasteiger partial charge in [-0.25, -0.2) is 0 Å². The molecule has 0 bridgehead atoms. The molecule has 1 atom stereocenters. The predicted octanol–water partition coefficient (Wildman–Crippen LogP) is 16.0. The molecule has 0 aromatic carbocycles. The third kappa shape index (κ3) is 43.5. The number of hydrogen-bond donors (Lipinski definition) is 0. The summed E-state index contributed by atoms with van der Waals surface area (Å²) in [5, 5.41) is 0. The van der Waals surface area contributed by atoms with Gasteiger partial charge in [0.05, 0.1) is 0 Å². The number of carbonyl (C=O) groups excluding carboxylic acids is 3. The number of ether oxygens (including phenoxy) is 3. The summed E-state index contributed by atoms with van der Waals surface area (Å²) in [5.74, 6) is -0.844. The Kier molecular flexibility index (Phi) is 44.8. The van der Waals surface area contributed by atoms with Gasteiger partial charge in [-0.15, -0.1) is 0 Å². The Bertz CT molecular complexity index is 828. The summed E-state index contributed by atoms with van der Waals surface area (Å²) >= 11 is 0. The molecular weight excluding hydrogens is 697 g/mol. The third-order valence-electron chi connectivity index (χ3n) is 11.4. The number of hydrogen-bond acceptors (Lipinski definition) is 6. The van der Waals surface area contributed by atoms with Crippen LogP contribution in [0.25, 0.3) is 0 Å². The molecule has 0 spiro atoms. The molecule has 0 aliphatic carbocycles. The van der Waals surface area contributed by atoms with Crippen molar-refractivity contribution in [3.8, 4) is 0 Å². The zero-order chi connectivity index (χ0) is 40.8. The minimum Gasteiger partial charge on any atom is -0.462 e. The van der Waals surface area contributed by atoms with Crippen molar-refractivity contribution in [3.05, 3.63) is 0 Å². The van der Waals surface area contributed by atoms with Gasteiger partial charge in [0.2, 0.25) is 0 Å². The van der Waals surface area contributed by atoms with Crippen LogP contribution < -0.4 is 0 Å². The zero-order valence-corrected chi connectivity index (χ0v) is 37.9. The van der Waals surface area contributed by atoms with Crippen molar-refractivity contribution in [1.29, 1.82) is 0 Å². The van der Waals surface area contributed by atoms with E-state index in [0.717, 1.165) is 57.8 Å². The Morgan fingerprint density at radius 3 is 0.714 bits per heavy atom. The quantitative estimate of drug-likeness (QED) is 0.0347.